The summed E-state index contributed by atoms with van der Waals surface area (Å²) in [7, 11) is 3.00. The number of benzene rings is 1. The van der Waals surface area contributed by atoms with E-state index in [-0.39, 0.29) is 11.6 Å². The maximum atomic E-state index is 13.2. The Morgan fingerprint density at radius 3 is 2.37 bits per heavy atom. The van der Waals surface area contributed by atoms with E-state index in [0.717, 1.165) is 10.1 Å². The summed E-state index contributed by atoms with van der Waals surface area (Å²) in [6.45, 7) is 0. The van der Waals surface area contributed by atoms with Crippen LogP contribution >= 0.6 is 0 Å². The van der Waals surface area contributed by atoms with Crippen molar-refractivity contribution < 1.29 is 9.21 Å². The number of aliphatic imine (C=N–C) groups is 1. The number of carbonyl (C=O) groups excluding carboxylic acids is 1. The highest BCUT2D eigenvalue weighted by Gasteiger charge is 2.48. The average molecular weight is 361 g/mol. The smallest absolute Gasteiger partial charge is 0.332 e. The van der Waals surface area contributed by atoms with Crippen LogP contribution in [0.25, 0.3) is 0 Å². The van der Waals surface area contributed by atoms with E-state index in [1.807, 2.05) is 12.1 Å². The number of hydrogen-bond acceptors (Lipinski definition) is 5. The Morgan fingerprint density at radius 2 is 1.67 bits per heavy atom. The van der Waals surface area contributed by atoms with Crippen molar-refractivity contribution in [2.45, 2.75) is 5.92 Å². The molecule has 3 aromatic rings. The van der Waals surface area contributed by atoms with Crippen molar-refractivity contribution in [3.8, 4) is 0 Å². The van der Waals surface area contributed by atoms with E-state index in [1.54, 1.807) is 31.3 Å². The minimum absolute atomic E-state index is 0.0905. The van der Waals surface area contributed by atoms with Gasteiger partial charge in [-0.3, -0.25) is 18.7 Å². The van der Waals surface area contributed by atoms with Gasteiger partial charge in [-0.1, -0.05) is 24.3 Å². The van der Waals surface area contributed by atoms with Crippen molar-refractivity contribution in [1.82, 2.24) is 9.13 Å². The molecule has 7 heteroatoms. The summed E-state index contributed by atoms with van der Waals surface area (Å²) in [5.41, 5.74) is 1.28. The predicted molar refractivity (Wildman–Crippen MR) is 97.9 cm³/mol. The highest BCUT2D eigenvalue weighted by molar-refractivity contribution is 6.30. The third-order valence-corrected chi connectivity index (χ3v) is 5.43. The average Bonchev–Trinajstić information content (AvgIpc) is 3.31. The Kier molecular flexibility index (Phi) is 3.07. The third-order valence-electron chi connectivity index (χ3n) is 5.43. The number of nitrogens with zero attached hydrogens (tertiary/aromatic N) is 3. The molecule has 0 N–H and O–H groups in total. The van der Waals surface area contributed by atoms with Crippen LogP contribution in [-0.4, -0.2) is 20.6 Å². The minimum Gasteiger partial charge on any atom is -0.469 e. The maximum Gasteiger partial charge on any atom is 0.332 e. The fourth-order valence-electron chi connectivity index (χ4n) is 4.14. The van der Waals surface area contributed by atoms with E-state index in [2.05, 4.69) is 4.99 Å². The van der Waals surface area contributed by atoms with Gasteiger partial charge in [-0.05, 0) is 12.1 Å². The number of rotatable bonds is 1. The molecule has 5 rings (SSSR count). The van der Waals surface area contributed by atoms with Gasteiger partial charge in [0.1, 0.15) is 11.6 Å². The summed E-state index contributed by atoms with van der Waals surface area (Å²) in [5.74, 6) is -0.586. The quantitative estimate of drug-likeness (QED) is 0.661. The molecular formula is C20H15N3O4. The summed E-state index contributed by atoms with van der Waals surface area (Å²) in [6, 6.07) is 10.7. The van der Waals surface area contributed by atoms with Crippen LogP contribution in [0.4, 0.5) is 5.82 Å². The fourth-order valence-corrected chi connectivity index (χ4v) is 4.14. The number of furan rings is 1. The van der Waals surface area contributed by atoms with Gasteiger partial charge in [0, 0.05) is 25.2 Å². The lowest BCUT2D eigenvalue weighted by Crippen LogP contribution is -2.43. The topological polar surface area (TPSA) is 86.6 Å². The normalized spacial score (nSPS) is 20.1. The van der Waals surface area contributed by atoms with Crippen LogP contribution < -0.4 is 11.2 Å². The Labute approximate surface area is 153 Å². The standard InChI is InChI=1S/C20H15N3O4/c1-22-18-15(19(25)23(2)20(22)26)13(12-8-5-9-27-12)14-16(21-18)10-6-3-4-7-11(10)17(14)24/h3-9,13-14H,1-2H3. The zero-order valence-corrected chi connectivity index (χ0v) is 14.7. The van der Waals surface area contributed by atoms with Gasteiger partial charge in [-0.25, -0.2) is 9.79 Å². The predicted octanol–water partition coefficient (Wildman–Crippen LogP) is 1.76. The van der Waals surface area contributed by atoms with Crippen molar-refractivity contribution in [3.63, 3.8) is 0 Å². The lowest BCUT2D eigenvalue weighted by atomic mass is 9.79. The molecule has 1 aliphatic heterocycles. The van der Waals surface area contributed by atoms with Gasteiger partial charge in [-0.2, -0.15) is 0 Å². The summed E-state index contributed by atoms with van der Waals surface area (Å²) in [5, 5.41) is 0. The van der Waals surface area contributed by atoms with Crippen LogP contribution in [0.15, 0.2) is 61.7 Å². The van der Waals surface area contributed by atoms with E-state index in [0.29, 0.717) is 22.6 Å². The molecule has 1 aromatic carbocycles. The number of Topliss-reactive ketones (excluding diaryl/α,β-unsaturated/α-hetero) is 1. The maximum absolute atomic E-state index is 13.2. The summed E-state index contributed by atoms with van der Waals surface area (Å²) in [6.07, 6.45) is 1.51. The number of fused-ring (bicyclic) bond motifs is 4. The van der Waals surface area contributed by atoms with Crippen LogP contribution in [0, 0.1) is 5.92 Å². The number of hydrogen-bond donors (Lipinski definition) is 0. The lowest BCUT2D eigenvalue weighted by molar-refractivity contribution is 0.0949. The first-order valence-electron chi connectivity index (χ1n) is 8.56. The van der Waals surface area contributed by atoms with Crippen molar-refractivity contribution in [3.05, 3.63) is 86.0 Å². The first-order chi connectivity index (χ1) is 13.0. The first-order valence-corrected chi connectivity index (χ1v) is 8.56. The van der Waals surface area contributed by atoms with Gasteiger partial charge >= 0.3 is 5.69 Å². The van der Waals surface area contributed by atoms with Crippen LogP contribution in [0.2, 0.25) is 0 Å². The monoisotopic (exact) mass is 361 g/mol. The number of ketones is 1. The number of aromatic nitrogens is 2. The van der Waals surface area contributed by atoms with Gasteiger partial charge in [0.2, 0.25) is 0 Å². The molecule has 0 spiro atoms. The zero-order valence-electron chi connectivity index (χ0n) is 14.7. The summed E-state index contributed by atoms with van der Waals surface area (Å²) < 4.78 is 8.00. The second-order valence-corrected chi connectivity index (χ2v) is 6.82. The molecule has 27 heavy (non-hydrogen) atoms. The van der Waals surface area contributed by atoms with Crippen LogP contribution in [0.3, 0.4) is 0 Å². The lowest BCUT2D eigenvalue weighted by Gasteiger charge is -2.28. The molecule has 2 aliphatic rings. The van der Waals surface area contributed by atoms with Crippen LogP contribution in [0.5, 0.6) is 0 Å². The molecule has 0 saturated heterocycles. The summed E-state index contributed by atoms with van der Waals surface area (Å²) >= 11 is 0. The van der Waals surface area contributed by atoms with Gasteiger partial charge in [0.05, 0.1) is 29.4 Å². The fraction of sp³-hybridized carbons (Fsp3) is 0.200. The molecule has 134 valence electrons. The SMILES string of the molecule is Cn1c2c(c(=O)n(C)c1=O)C(c1ccco1)C1C(=O)c3ccccc3C1=N2. The molecule has 2 unspecified atom stereocenters. The second-order valence-electron chi connectivity index (χ2n) is 6.82. The van der Waals surface area contributed by atoms with Crippen molar-refractivity contribution in [1.29, 1.82) is 0 Å². The van der Waals surface area contributed by atoms with Gasteiger partial charge < -0.3 is 4.42 Å². The van der Waals surface area contributed by atoms with Crippen molar-refractivity contribution >= 4 is 17.3 Å². The Morgan fingerprint density at radius 1 is 0.926 bits per heavy atom. The highest BCUT2D eigenvalue weighted by Crippen LogP contribution is 2.46. The molecule has 3 heterocycles. The zero-order chi connectivity index (χ0) is 18.9. The molecule has 0 saturated carbocycles. The summed E-state index contributed by atoms with van der Waals surface area (Å²) in [4.78, 5) is 43.2. The van der Waals surface area contributed by atoms with Crippen LogP contribution in [0.1, 0.15) is 33.2 Å². The molecular weight excluding hydrogens is 346 g/mol. The third kappa shape index (κ3) is 1.91. The molecule has 0 fully saturated rings. The highest BCUT2D eigenvalue weighted by atomic mass is 16.3. The van der Waals surface area contributed by atoms with E-state index >= 15 is 0 Å². The number of carbonyl (C=O) groups is 1. The van der Waals surface area contributed by atoms with E-state index < -0.39 is 23.1 Å². The Bertz CT molecular complexity index is 1260. The molecule has 1 aliphatic carbocycles. The Hall–Kier alpha value is -3.48. The molecule has 2 atom stereocenters. The largest absolute Gasteiger partial charge is 0.469 e. The van der Waals surface area contributed by atoms with Crippen molar-refractivity contribution in [2.75, 3.05) is 0 Å². The molecule has 0 bridgehead atoms. The van der Waals surface area contributed by atoms with Gasteiger partial charge in [-0.15, -0.1) is 0 Å². The van der Waals surface area contributed by atoms with E-state index in [1.165, 1.54) is 17.9 Å². The van der Waals surface area contributed by atoms with Crippen LogP contribution in [-0.2, 0) is 14.1 Å². The van der Waals surface area contributed by atoms with Gasteiger partial charge in [0.25, 0.3) is 5.56 Å². The molecule has 2 aromatic heterocycles. The van der Waals surface area contributed by atoms with E-state index in [9.17, 15) is 14.4 Å². The van der Waals surface area contributed by atoms with Gasteiger partial charge in [0.15, 0.2) is 5.78 Å². The molecule has 0 radical (unpaired) electrons. The second kappa shape index (κ2) is 5.26. The first kappa shape index (κ1) is 15.7. The van der Waals surface area contributed by atoms with E-state index in [4.69, 9.17) is 4.42 Å². The molecule has 0 amide bonds. The van der Waals surface area contributed by atoms with Crippen molar-refractivity contribution in [2.24, 2.45) is 25.0 Å². The molecule has 7 nitrogen and oxygen atoms in total. The minimum atomic E-state index is -0.647. The Balaban J connectivity index is 1.93.